The van der Waals surface area contributed by atoms with Crippen molar-refractivity contribution < 1.29 is 0 Å². The summed E-state index contributed by atoms with van der Waals surface area (Å²) in [5, 5.41) is 17.8. The molecule has 0 unspecified atom stereocenters. The van der Waals surface area contributed by atoms with Gasteiger partial charge >= 0.3 is 0 Å². The van der Waals surface area contributed by atoms with E-state index < -0.39 is 0 Å². The van der Waals surface area contributed by atoms with Crippen LogP contribution in [0.25, 0.3) is 33.4 Å². The van der Waals surface area contributed by atoms with E-state index in [9.17, 15) is 0 Å². The third kappa shape index (κ3) is 3.54. The molecular weight excluding hydrogens is 340 g/mol. The molecule has 0 bridgehead atoms. The average Bonchev–Trinajstić information content (AvgIpc) is 2.79. The van der Waals surface area contributed by atoms with Gasteiger partial charge in [-0.25, -0.2) is 0 Å². The second-order valence-electron chi connectivity index (χ2n) is 6.53. The quantitative estimate of drug-likeness (QED) is 0.424. The molecule has 4 aromatic carbocycles. The van der Waals surface area contributed by atoms with Crippen molar-refractivity contribution >= 4 is 0 Å². The Balaban J connectivity index is 1.55. The lowest BCUT2D eigenvalue weighted by molar-refractivity contribution is 1.48. The largest absolute Gasteiger partial charge is 0.192 e. The monoisotopic (exact) mass is 356 g/mol. The van der Waals surface area contributed by atoms with Crippen LogP contribution in [0.5, 0.6) is 0 Å². The highest BCUT2D eigenvalue weighted by Crippen LogP contribution is 2.27. The molecule has 0 N–H and O–H groups in total. The summed E-state index contributed by atoms with van der Waals surface area (Å²) in [5.41, 5.74) is 8.10. The highest BCUT2D eigenvalue weighted by molar-refractivity contribution is 5.73. The van der Waals surface area contributed by atoms with Crippen molar-refractivity contribution in [1.82, 2.24) is 0 Å². The topological polar surface area (TPSA) is 47.6 Å². The Kier molecular flexibility index (Phi) is 4.70. The molecule has 0 saturated heterocycles. The van der Waals surface area contributed by atoms with E-state index in [0.29, 0.717) is 11.1 Å². The SMILES string of the molecule is N#Cc1ccc(-c2ccc(-c3ccc(-c4ccc(C#N)cc4)cc3)cc2)cc1. The predicted molar refractivity (Wildman–Crippen MR) is 112 cm³/mol. The van der Waals surface area contributed by atoms with E-state index in [-0.39, 0.29) is 0 Å². The van der Waals surface area contributed by atoms with E-state index in [1.54, 1.807) is 0 Å². The fraction of sp³-hybridized carbons (Fsp3) is 0. The summed E-state index contributed by atoms with van der Waals surface area (Å²) in [7, 11) is 0. The van der Waals surface area contributed by atoms with Gasteiger partial charge in [-0.3, -0.25) is 0 Å². The molecule has 0 radical (unpaired) electrons. The zero-order valence-electron chi connectivity index (χ0n) is 15.1. The first kappa shape index (κ1) is 17.3. The standard InChI is InChI=1S/C26H16N2/c27-17-19-1-5-21(6-2-19)23-9-13-25(14-10-23)26-15-11-24(12-16-26)22-7-3-20(18-28)4-8-22/h1-16H. The Morgan fingerprint density at radius 3 is 0.679 bits per heavy atom. The number of hydrogen-bond donors (Lipinski definition) is 0. The Hall–Kier alpha value is -4.14. The Labute approximate surface area is 164 Å². The molecule has 0 fully saturated rings. The van der Waals surface area contributed by atoms with E-state index in [4.69, 9.17) is 10.5 Å². The van der Waals surface area contributed by atoms with Crippen LogP contribution in [0.4, 0.5) is 0 Å². The minimum atomic E-state index is 0.669. The predicted octanol–water partition coefficient (Wildman–Crippen LogP) is 6.43. The second kappa shape index (κ2) is 7.62. The lowest BCUT2D eigenvalue weighted by Crippen LogP contribution is -1.83. The van der Waals surface area contributed by atoms with Gasteiger partial charge in [-0.15, -0.1) is 0 Å². The maximum absolute atomic E-state index is 8.91. The van der Waals surface area contributed by atoms with Crippen LogP contribution in [0.2, 0.25) is 0 Å². The Bertz CT molecular complexity index is 1070. The third-order valence-electron chi connectivity index (χ3n) is 4.80. The first-order valence-electron chi connectivity index (χ1n) is 8.98. The van der Waals surface area contributed by atoms with Gasteiger partial charge in [0, 0.05) is 0 Å². The minimum Gasteiger partial charge on any atom is -0.192 e. The van der Waals surface area contributed by atoms with Crippen LogP contribution in [-0.4, -0.2) is 0 Å². The molecule has 2 heteroatoms. The van der Waals surface area contributed by atoms with Crippen molar-refractivity contribution in [3.05, 3.63) is 108 Å². The zero-order valence-corrected chi connectivity index (χ0v) is 15.1. The number of benzene rings is 4. The summed E-state index contributed by atoms with van der Waals surface area (Å²) in [4.78, 5) is 0. The van der Waals surface area contributed by atoms with E-state index >= 15 is 0 Å². The van der Waals surface area contributed by atoms with Crippen LogP contribution in [0.15, 0.2) is 97.1 Å². The van der Waals surface area contributed by atoms with E-state index in [2.05, 4.69) is 60.7 Å². The van der Waals surface area contributed by atoms with Gasteiger partial charge in [0.1, 0.15) is 0 Å². The van der Waals surface area contributed by atoms with Gasteiger partial charge in [-0.1, -0.05) is 72.8 Å². The maximum atomic E-state index is 8.91. The fourth-order valence-electron chi connectivity index (χ4n) is 3.18. The lowest BCUT2D eigenvalue weighted by atomic mass is 9.97. The summed E-state index contributed by atoms with van der Waals surface area (Å²) in [6, 6.07) is 36.4. The van der Waals surface area contributed by atoms with Crippen LogP contribution in [-0.2, 0) is 0 Å². The molecule has 4 aromatic rings. The van der Waals surface area contributed by atoms with Crippen LogP contribution < -0.4 is 0 Å². The third-order valence-corrected chi connectivity index (χ3v) is 4.80. The summed E-state index contributed by atoms with van der Waals surface area (Å²) in [6.45, 7) is 0. The van der Waals surface area contributed by atoms with Gasteiger partial charge in [0.15, 0.2) is 0 Å². The normalized spacial score (nSPS) is 10.1. The van der Waals surface area contributed by atoms with Gasteiger partial charge in [-0.05, 0) is 57.6 Å². The zero-order chi connectivity index (χ0) is 19.3. The Morgan fingerprint density at radius 1 is 0.321 bits per heavy atom. The smallest absolute Gasteiger partial charge is 0.0991 e. The number of rotatable bonds is 3. The van der Waals surface area contributed by atoms with Crippen molar-refractivity contribution in [3.8, 4) is 45.5 Å². The van der Waals surface area contributed by atoms with Gasteiger partial charge < -0.3 is 0 Å². The highest BCUT2D eigenvalue weighted by atomic mass is 14.2. The molecule has 130 valence electrons. The highest BCUT2D eigenvalue weighted by Gasteiger charge is 2.03. The van der Waals surface area contributed by atoms with Crippen molar-refractivity contribution in [1.29, 1.82) is 10.5 Å². The van der Waals surface area contributed by atoms with Gasteiger partial charge in [0.05, 0.1) is 23.3 Å². The van der Waals surface area contributed by atoms with Crippen molar-refractivity contribution in [2.24, 2.45) is 0 Å². The molecule has 2 nitrogen and oxygen atoms in total. The molecule has 4 rings (SSSR count). The molecule has 28 heavy (non-hydrogen) atoms. The molecule has 0 amide bonds. The molecule has 0 aromatic heterocycles. The second-order valence-corrected chi connectivity index (χ2v) is 6.53. The van der Waals surface area contributed by atoms with Crippen LogP contribution in [0.1, 0.15) is 11.1 Å². The summed E-state index contributed by atoms with van der Waals surface area (Å²) < 4.78 is 0. The van der Waals surface area contributed by atoms with Crippen LogP contribution in [0.3, 0.4) is 0 Å². The van der Waals surface area contributed by atoms with E-state index in [0.717, 1.165) is 33.4 Å². The van der Waals surface area contributed by atoms with Crippen molar-refractivity contribution in [2.45, 2.75) is 0 Å². The lowest BCUT2D eigenvalue weighted by Gasteiger charge is -2.07. The molecule has 0 aliphatic heterocycles. The minimum absolute atomic E-state index is 0.669. The number of nitrogens with zero attached hydrogens (tertiary/aromatic N) is 2. The van der Waals surface area contributed by atoms with Gasteiger partial charge in [0.2, 0.25) is 0 Å². The molecular formula is C26H16N2. The Morgan fingerprint density at radius 2 is 0.500 bits per heavy atom. The van der Waals surface area contributed by atoms with Crippen molar-refractivity contribution in [2.75, 3.05) is 0 Å². The van der Waals surface area contributed by atoms with E-state index in [1.165, 1.54) is 0 Å². The summed E-state index contributed by atoms with van der Waals surface area (Å²) in [6.07, 6.45) is 0. The average molecular weight is 356 g/mol. The summed E-state index contributed by atoms with van der Waals surface area (Å²) in [5.74, 6) is 0. The number of hydrogen-bond acceptors (Lipinski definition) is 2. The molecule has 0 aliphatic carbocycles. The molecule has 0 aliphatic rings. The summed E-state index contributed by atoms with van der Waals surface area (Å²) >= 11 is 0. The van der Waals surface area contributed by atoms with Crippen LogP contribution >= 0.6 is 0 Å². The van der Waals surface area contributed by atoms with Crippen molar-refractivity contribution in [3.63, 3.8) is 0 Å². The van der Waals surface area contributed by atoms with Gasteiger partial charge in [-0.2, -0.15) is 10.5 Å². The fourth-order valence-corrected chi connectivity index (χ4v) is 3.18. The molecule has 0 atom stereocenters. The molecule has 0 spiro atoms. The number of nitriles is 2. The maximum Gasteiger partial charge on any atom is 0.0991 e. The molecule has 0 heterocycles. The van der Waals surface area contributed by atoms with Gasteiger partial charge in [0.25, 0.3) is 0 Å². The van der Waals surface area contributed by atoms with Crippen LogP contribution in [0, 0.1) is 22.7 Å². The van der Waals surface area contributed by atoms with E-state index in [1.807, 2.05) is 48.5 Å². The first-order valence-corrected chi connectivity index (χ1v) is 8.98. The first-order chi connectivity index (χ1) is 13.8. The molecule has 0 saturated carbocycles.